The van der Waals surface area contributed by atoms with E-state index >= 15 is 0 Å². The maximum atomic E-state index is 12.5. The number of alkyl carbamates (subject to hydrolysis) is 1. The molecule has 0 radical (unpaired) electrons. The lowest BCUT2D eigenvalue weighted by atomic mass is 9.98. The highest BCUT2D eigenvalue weighted by atomic mass is 127. The highest BCUT2D eigenvalue weighted by Crippen LogP contribution is 2.44. The number of ether oxygens (including phenoxy) is 1. The Morgan fingerprint density at radius 2 is 1.59 bits per heavy atom. The summed E-state index contributed by atoms with van der Waals surface area (Å²) in [6, 6.07) is 14.9. The van der Waals surface area contributed by atoms with E-state index < -0.39 is 24.1 Å². The van der Waals surface area contributed by atoms with E-state index in [4.69, 9.17) is 9.84 Å². The summed E-state index contributed by atoms with van der Waals surface area (Å²) >= 11 is 2.11. The molecule has 0 saturated carbocycles. The van der Waals surface area contributed by atoms with Crippen LogP contribution in [0.1, 0.15) is 36.3 Å². The summed E-state index contributed by atoms with van der Waals surface area (Å²) in [5.41, 5.74) is 4.37. The third-order valence-electron chi connectivity index (χ3n) is 6.91. The minimum atomic E-state index is -1.15. The first-order valence-corrected chi connectivity index (χ1v) is 15.0. The van der Waals surface area contributed by atoms with Gasteiger partial charge in [-0.2, -0.15) is 0 Å². The highest BCUT2D eigenvalue weighted by Gasteiger charge is 2.29. The lowest BCUT2D eigenvalue weighted by Gasteiger charge is -2.22. The van der Waals surface area contributed by atoms with Crippen LogP contribution in [0.2, 0.25) is 0 Å². The van der Waals surface area contributed by atoms with Crippen molar-refractivity contribution in [2.75, 3.05) is 50.9 Å². The second kappa shape index (κ2) is 16.3. The van der Waals surface area contributed by atoms with Crippen molar-refractivity contribution in [3.63, 3.8) is 0 Å². The highest BCUT2D eigenvalue weighted by molar-refractivity contribution is 14.1. The predicted molar refractivity (Wildman–Crippen MR) is 162 cm³/mol. The lowest BCUT2D eigenvalue weighted by Crippen LogP contribution is -2.41. The first kappa shape index (κ1) is 32.3. The number of nitrogens with zero attached hydrogens (tertiary/aromatic N) is 2. The molecule has 11 nitrogen and oxygen atoms in total. The molecule has 222 valence electrons. The second-order valence-electron chi connectivity index (χ2n) is 10.0. The molecular weight excluding hydrogens is 643 g/mol. The topological polar surface area (TPSA) is 149 Å². The zero-order valence-corrected chi connectivity index (χ0v) is 25.2. The van der Waals surface area contributed by atoms with Crippen LogP contribution in [0.25, 0.3) is 11.1 Å². The Bertz CT molecular complexity index is 1170. The molecule has 0 saturated heterocycles. The molecule has 3 rings (SSSR count). The number of hydrogen-bond donors (Lipinski definition) is 4. The van der Waals surface area contributed by atoms with Crippen LogP contribution in [0.3, 0.4) is 0 Å². The van der Waals surface area contributed by atoms with Crippen molar-refractivity contribution in [1.82, 2.24) is 20.4 Å². The van der Waals surface area contributed by atoms with Crippen molar-refractivity contribution in [3.05, 3.63) is 59.7 Å². The quantitative estimate of drug-likeness (QED) is 0.0857. The molecule has 0 aromatic heterocycles. The zero-order chi connectivity index (χ0) is 29.8. The molecule has 1 aliphatic rings. The summed E-state index contributed by atoms with van der Waals surface area (Å²) in [5.74, 6) is -2.32. The number of carboxylic acid groups (broad SMARTS) is 2. The summed E-state index contributed by atoms with van der Waals surface area (Å²) in [6.45, 7) is 1.68. The molecule has 0 fully saturated rings. The number of nitrogens with one attached hydrogen (secondary N) is 2. The molecule has 2 aromatic carbocycles. The number of alkyl halides is 1. The monoisotopic (exact) mass is 680 g/mol. The van der Waals surface area contributed by atoms with Gasteiger partial charge in [-0.1, -0.05) is 71.1 Å². The Kier molecular flexibility index (Phi) is 12.8. The molecule has 12 heteroatoms. The number of carbonyl (C=O) groups excluding carboxylic acids is 2. The van der Waals surface area contributed by atoms with E-state index in [-0.39, 0.29) is 37.9 Å². The van der Waals surface area contributed by atoms with E-state index in [2.05, 4.69) is 33.2 Å². The van der Waals surface area contributed by atoms with Gasteiger partial charge in [0, 0.05) is 25.6 Å². The predicted octanol–water partition coefficient (Wildman–Crippen LogP) is 2.98. The molecule has 1 aliphatic carbocycles. The number of hydrogen-bond acceptors (Lipinski definition) is 7. The van der Waals surface area contributed by atoms with Gasteiger partial charge in [0.1, 0.15) is 12.6 Å². The summed E-state index contributed by atoms with van der Waals surface area (Å²) < 4.78 is 6.05. The molecular formula is C29H37IN4O7. The molecule has 1 atom stereocenters. The van der Waals surface area contributed by atoms with Crippen molar-refractivity contribution in [3.8, 4) is 11.1 Å². The van der Waals surface area contributed by atoms with Gasteiger partial charge < -0.3 is 25.6 Å². The number of halogens is 1. The van der Waals surface area contributed by atoms with Gasteiger partial charge in [0.15, 0.2) is 0 Å². The van der Waals surface area contributed by atoms with Crippen LogP contribution in [0.15, 0.2) is 48.5 Å². The van der Waals surface area contributed by atoms with Crippen LogP contribution in [0.5, 0.6) is 0 Å². The molecule has 0 bridgehead atoms. The Morgan fingerprint density at radius 1 is 0.951 bits per heavy atom. The number of amides is 2. The van der Waals surface area contributed by atoms with Gasteiger partial charge in [0.05, 0.1) is 17.6 Å². The molecule has 0 heterocycles. The Labute approximate surface area is 253 Å². The normalized spacial score (nSPS) is 13.0. The van der Waals surface area contributed by atoms with Crippen LogP contribution >= 0.6 is 22.6 Å². The van der Waals surface area contributed by atoms with Gasteiger partial charge in [-0.25, -0.2) is 9.59 Å². The van der Waals surface area contributed by atoms with Crippen LogP contribution in [0, 0.1) is 0 Å². The van der Waals surface area contributed by atoms with E-state index in [1.54, 1.807) is 11.9 Å². The number of carbonyl (C=O) groups is 4. The molecule has 0 spiro atoms. The average molecular weight is 681 g/mol. The summed E-state index contributed by atoms with van der Waals surface area (Å²) in [6.07, 6.45) is 0.453. The molecule has 41 heavy (non-hydrogen) atoms. The zero-order valence-electron chi connectivity index (χ0n) is 23.1. The number of fused-ring (bicyclic) bond motifs is 3. The lowest BCUT2D eigenvalue weighted by molar-refractivity contribution is -0.140. The van der Waals surface area contributed by atoms with Crippen molar-refractivity contribution in [2.24, 2.45) is 0 Å². The van der Waals surface area contributed by atoms with Crippen LogP contribution in [-0.4, -0.2) is 101 Å². The van der Waals surface area contributed by atoms with E-state index in [1.165, 1.54) is 0 Å². The summed E-state index contributed by atoms with van der Waals surface area (Å²) in [4.78, 5) is 50.9. The Hall–Kier alpha value is -3.23. The molecule has 2 aromatic rings. The minimum absolute atomic E-state index is 0.0452. The third-order valence-corrected chi connectivity index (χ3v) is 7.88. The van der Waals surface area contributed by atoms with Crippen LogP contribution in [0.4, 0.5) is 4.79 Å². The van der Waals surface area contributed by atoms with E-state index in [1.807, 2.05) is 53.4 Å². The number of carboxylic acids is 2. The fourth-order valence-electron chi connectivity index (χ4n) is 4.81. The standard InChI is InChI=1S/C29H37IN4O7/c1-33(14-15-34(19-30)17-27(36)37)16-26(35)31-13-7-6-12-25(28(38)39)32-29(40)41-18-24-22-10-4-2-8-20(22)21-9-3-5-11-23(21)24/h2-5,8-11,24-25H,6-7,12-19H2,1H3,(H,31,35)(H,32,40)(H,36,37)(H,38,39)/t25-/m0/s1. The molecule has 2 amide bonds. The Balaban J connectivity index is 1.35. The number of rotatable bonds is 17. The number of benzene rings is 2. The number of aliphatic carboxylic acids is 2. The van der Waals surface area contributed by atoms with Crippen LogP contribution < -0.4 is 10.6 Å². The average Bonchev–Trinajstić information content (AvgIpc) is 3.26. The minimum Gasteiger partial charge on any atom is -0.480 e. The molecule has 0 aliphatic heterocycles. The van der Waals surface area contributed by atoms with Crippen molar-refractivity contribution < 1.29 is 34.1 Å². The Morgan fingerprint density at radius 3 is 2.17 bits per heavy atom. The van der Waals surface area contributed by atoms with Crippen molar-refractivity contribution >= 4 is 46.5 Å². The van der Waals surface area contributed by atoms with E-state index in [0.29, 0.717) is 37.0 Å². The number of likely N-dealkylation sites (N-methyl/N-ethyl adjacent to an activating group) is 1. The smallest absolute Gasteiger partial charge is 0.407 e. The molecule has 4 N–H and O–H groups in total. The van der Waals surface area contributed by atoms with Gasteiger partial charge in [-0.15, -0.1) is 0 Å². The van der Waals surface area contributed by atoms with Crippen molar-refractivity contribution in [1.29, 1.82) is 0 Å². The SMILES string of the molecule is CN(CCN(CI)CC(=O)O)CC(=O)NCCCC[C@H](NC(=O)OCC1c2ccccc2-c2ccccc21)C(=O)O. The fourth-order valence-corrected chi connectivity index (χ4v) is 5.39. The molecule has 0 unspecified atom stereocenters. The first-order chi connectivity index (χ1) is 19.7. The largest absolute Gasteiger partial charge is 0.480 e. The van der Waals surface area contributed by atoms with E-state index in [0.717, 1.165) is 22.3 Å². The maximum Gasteiger partial charge on any atom is 0.407 e. The summed E-state index contributed by atoms with van der Waals surface area (Å²) in [5, 5.41) is 23.8. The second-order valence-corrected chi connectivity index (χ2v) is 10.7. The third kappa shape index (κ3) is 9.97. The van der Waals surface area contributed by atoms with Crippen LogP contribution in [-0.2, 0) is 19.1 Å². The van der Waals surface area contributed by atoms with Crippen molar-refractivity contribution in [2.45, 2.75) is 31.2 Å². The van der Waals surface area contributed by atoms with Gasteiger partial charge in [-0.05, 0) is 48.6 Å². The van der Waals surface area contributed by atoms with Gasteiger partial charge >= 0.3 is 18.0 Å². The number of unbranched alkanes of at least 4 members (excludes halogenated alkanes) is 1. The van der Waals surface area contributed by atoms with Gasteiger partial charge in [-0.3, -0.25) is 19.4 Å². The van der Waals surface area contributed by atoms with Gasteiger partial charge in [0.25, 0.3) is 0 Å². The first-order valence-electron chi connectivity index (χ1n) is 13.5. The van der Waals surface area contributed by atoms with E-state index in [9.17, 15) is 24.3 Å². The summed E-state index contributed by atoms with van der Waals surface area (Å²) in [7, 11) is 1.79. The fraction of sp³-hybridized carbons (Fsp3) is 0.448. The van der Waals surface area contributed by atoms with Gasteiger partial charge in [0.2, 0.25) is 5.91 Å². The maximum absolute atomic E-state index is 12.5.